The average Bonchev–Trinajstić information content (AvgIpc) is 3.44. The van der Waals surface area contributed by atoms with Crippen molar-refractivity contribution in [1.82, 2.24) is 9.80 Å². The number of carbonyl (C=O) groups is 1. The van der Waals surface area contributed by atoms with Crippen LogP contribution < -0.4 is 9.47 Å². The number of benzene rings is 1. The van der Waals surface area contributed by atoms with Crippen LogP contribution in [0.15, 0.2) is 18.2 Å². The zero-order valence-corrected chi connectivity index (χ0v) is 16.4. The van der Waals surface area contributed by atoms with E-state index in [1.807, 2.05) is 12.1 Å². The van der Waals surface area contributed by atoms with E-state index in [9.17, 15) is 4.79 Å². The minimum absolute atomic E-state index is 0.247. The van der Waals surface area contributed by atoms with Gasteiger partial charge in [0.05, 0.1) is 14.2 Å². The van der Waals surface area contributed by atoms with E-state index in [-0.39, 0.29) is 11.6 Å². The lowest BCUT2D eigenvalue weighted by atomic mass is 9.85. The number of likely N-dealkylation sites (tertiary alicyclic amines) is 1. The lowest BCUT2D eigenvalue weighted by molar-refractivity contribution is -0.138. The Kier molecular flexibility index (Phi) is 4.12. The van der Waals surface area contributed by atoms with Crippen LogP contribution in [0, 0.1) is 5.92 Å². The van der Waals surface area contributed by atoms with Crippen molar-refractivity contribution in [2.24, 2.45) is 5.92 Å². The van der Waals surface area contributed by atoms with Gasteiger partial charge in [-0.1, -0.05) is 25.0 Å². The summed E-state index contributed by atoms with van der Waals surface area (Å²) in [5.41, 5.74) is 0.911. The first-order valence-electron chi connectivity index (χ1n) is 10.5. The number of ether oxygens (including phenoxy) is 2. The number of para-hydroxylation sites is 1. The standard InChI is InChI=1S/C22H30N2O3/c1-26-19-10-5-9-17(20(19)27-2)18-13-15-14-23(16-7-3-4-8-16)21(25)22(15)11-6-12-24(18)22/h5,9-10,15-16,18H,3-4,6-8,11-14H2,1-2H3/t15-,18-,22-/m0/s1. The average molecular weight is 370 g/mol. The first-order valence-corrected chi connectivity index (χ1v) is 10.5. The lowest BCUT2D eigenvalue weighted by Gasteiger charge is -2.35. The number of hydrogen-bond acceptors (Lipinski definition) is 4. The van der Waals surface area contributed by atoms with Crippen molar-refractivity contribution < 1.29 is 14.3 Å². The number of amides is 1. The summed E-state index contributed by atoms with van der Waals surface area (Å²) in [6.45, 7) is 1.95. The predicted octanol–water partition coefficient (Wildman–Crippen LogP) is 3.38. The zero-order valence-electron chi connectivity index (χ0n) is 16.4. The van der Waals surface area contributed by atoms with Gasteiger partial charge in [0.15, 0.2) is 11.5 Å². The molecule has 1 aromatic carbocycles. The topological polar surface area (TPSA) is 42.0 Å². The molecule has 27 heavy (non-hydrogen) atoms. The molecular weight excluding hydrogens is 340 g/mol. The fraction of sp³-hybridized carbons (Fsp3) is 0.682. The molecule has 3 atom stereocenters. The summed E-state index contributed by atoms with van der Waals surface area (Å²) in [7, 11) is 3.40. The Hall–Kier alpha value is -1.75. The Bertz CT molecular complexity index is 745. The van der Waals surface area contributed by atoms with Crippen molar-refractivity contribution in [3.05, 3.63) is 23.8 Å². The number of carbonyl (C=O) groups excluding carboxylic acids is 1. The molecule has 4 aliphatic rings. The number of methoxy groups -OCH3 is 2. The molecule has 3 aliphatic heterocycles. The van der Waals surface area contributed by atoms with Gasteiger partial charge in [0, 0.05) is 30.1 Å². The van der Waals surface area contributed by atoms with Gasteiger partial charge in [0.25, 0.3) is 0 Å². The van der Waals surface area contributed by atoms with E-state index in [4.69, 9.17) is 9.47 Å². The summed E-state index contributed by atoms with van der Waals surface area (Å²) < 4.78 is 11.3. The molecule has 5 heteroatoms. The van der Waals surface area contributed by atoms with E-state index in [1.165, 1.54) is 31.2 Å². The second kappa shape index (κ2) is 6.40. The van der Waals surface area contributed by atoms with Crippen LogP contribution in [0.1, 0.15) is 56.6 Å². The first-order chi connectivity index (χ1) is 13.2. The van der Waals surface area contributed by atoms with E-state index < -0.39 is 0 Å². The van der Waals surface area contributed by atoms with Gasteiger partial charge in [-0.2, -0.15) is 0 Å². The van der Waals surface area contributed by atoms with Crippen molar-refractivity contribution in [3.63, 3.8) is 0 Å². The predicted molar refractivity (Wildman–Crippen MR) is 103 cm³/mol. The quantitative estimate of drug-likeness (QED) is 0.815. The summed E-state index contributed by atoms with van der Waals surface area (Å²) in [6, 6.07) is 6.88. The third kappa shape index (κ3) is 2.30. The van der Waals surface area contributed by atoms with Crippen molar-refractivity contribution in [3.8, 4) is 11.5 Å². The van der Waals surface area contributed by atoms with Gasteiger partial charge < -0.3 is 14.4 Å². The van der Waals surface area contributed by atoms with Gasteiger partial charge in [-0.15, -0.1) is 0 Å². The smallest absolute Gasteiger partial charge is 0.243 e. The van der Waals surface area contributed by atoms with Crippen LogP contribution in [-0.4, -0.2) is 54.6 Å². The van der Waals surface area contributed by atoms with Crippen LogP contribution in [0.4, 0.5) is 0 Å². The van der Waals surface area contributed by atoms with E-state index >= 15 is 0 Å². The van der Waals surface area contributed by atoms with Crippen molar-refractivity contribution in [2.75, 3.05) is 27.3 Å². The highest BCUT2D eigenvalue weighted by Gasteiger charge is 2.66. The fourth-order valence-electron chi connectivity index (χ4n) is 6.53. The molecule has 5 nitrogen and oxygen atoms in total. The zero-order chi connectivity index (χ0) is 18.6. The maximum absolute atomic E-state index is 13.7. The third-order valence-corrected chi connectivity index (χ3v) is 7.63. The third-order valence-electron chi connectivity index (χ3n) is 7.63. The molecule has 1 saturated carbocycles. The summed E-state index contributed by atoms with van der Waals surface area (Å²) in [5.74, 6) is 2.46. The van der Waals surface area contributed by atoms with Crippen molar-refractivity contribution in [2.45, 2.75) is 62.6 Å². The Balaban J connectivity index is 1.50. The highest BCUT2D eigenvalue weighted by Crippen LogP contribution is 2.58. The molecule has 0 aromatic heterocycles. The summed E-state index contributed by atoms with van der Waals surface area (Å²) >= 11 is 0. The van der Waals surface area contributed by atoms with Crippen LogP contribution in [0.2, 0.25) is 0 Å². The van der Waals surface area contributed by atoms with Gasteiger partial charge in [0.2, 0.25) is 5.91 Å². The van der Waals surface area contributed by atoms with Gasteiger partial charge >= 0.3 is 0 Å². The Morgan fingerprint density at radius 3 is 2.67 bits per heavy atom. The molecule has 0 radical (unpaired) electrons. The van der Waals surface area contributed by atoms with Crippen LogP contribution in [-0.2, 0) is 4.79 Å². The molecule has 1 aliphatic carbocycles. The highest BCUT2D eigenvalue weighted by atomic mass is 16.5. The molecule has 0 N–H and O–H groups in total. The highest BCUT2D eigenvalue weighted by molar-refractivity contribution is 5.90. The van der Waals surface area contributed by atoms with E-state index in [1.54, 1.807) is 14.2 Å². The SMILES string of the molecule is COc1cccc([C@@H]2C[C@H]3CN(C4CCCC4)C(=O)[C@]34CCCN24)c1OC. The molecule has 1 aromatic rings. The van der Waals surface area contributed by atoms with Gasteiger partial charge in [-0.05, 0) is 44.7 Å². The monoisotopic (exact) mass is 370 g/mol. The van der Waals surface area contributed by atoms with Gasteiger partial charge in [-0.3, -0.25) is 9.69 Å². The van der Waals surface area contributed by atoms with Crippen LogP contribution in [0.5, 0.6) is 11.5 Å². The molecular formula is C22H30N2O3. The molecule has 146 valence electrons. The minimum Gasteiger partial charge on any atom is -0.493 e. The Labute approximate surface area is 161 Å². The Morgan fingerprint density at radius 1 is 1.11 bits per heavy atom. The summed E-state index contributed by atoms with van der Waals surface area (Å²) in [5, 5.41) is 0. The van der Waals surface area contributed by atoms with Crippen LogP contribution >= 0.6 is 0 Å². The van der Waals surface area contributed by atoms with Gasteiger partial charge in [0.1, 0.15) is 5.54 Å². The number of nitrogens with zero attached hydrogens (tertiary/aromatic N) is 2. The Morgan fingerprint density at radius 2 is 1.93 bits per heavy atom. The second-order valence-corrected chi connectivity index (χ2v) is 8.65. The van der Waals surface area contributed by atoms with Gasteiger partial charge in [-0.25, -0.2) is 0 Å². The normalized spacial score (nSPS) is 33.6. The maximum Gasteiger partial charge on any atom is 0.243 e. The number of hydrogen-bond donors (Lipinski definition) is 0. The van der Waals surface area contributed by atoms with Crippen LogP contribution in [0.3, 0.4) is 0 Å². The first kappa shape index (κ1) is 17.4. The van der Waals surface area contributed by atoms with Crippen molar-refractivity contribution >= 4 is 5.91 Å². The second-order valence-electron chi connectivity index (χ2n) is 8.65. The minimum atomic E-state index is -0.263. The molecule has 4 fully saturated rings. The maximum atomic E-state index is 13.7. The molecule has 3 saturated heterocycles. The largest absolute Gasteiger partial charge is 0.493 e. The van der Waals surface area contributed by atoms with E-state index in [0.717, 1.165) is 43.9 Å². The molecule has 1 amide bonds. The van der Waals surface area contributed by atoms with Crippen molar-refractivity contribution in [1.29, 1.82) is 0 Å². The van der Waals surface area contributed by atoms with E-state index in [2.05, 4.69) is 15.9 Å². The molecule has 0 bridgehead atoms. The number of rotatable bonds is 4. The molecule has 1 spiro atoms. The molecule has 3 heterocycles. The van der Waals surface area contributed by atoms with E-state index in [0.29, 0.717) is 17.9 Å². The fourth-order valence-corrected chi connectivity index (χ4v) is 6.53. The van der Waals surface area contributed by atoms with Crippen LogP contribution in [0.25, 0.3) is 0 Å². The molecule has 0 unspecified atom stereocenters. The lowest BCUT2D eigenvalue weighted by Crippen LogP contribution is -2.51. The molecule has 5 rings (SSSR count). The summed E-state index contributed by atoms with van der Waals surface area (Å²) in [6.07, 6.45) is 8.12. The summed E-state index contributed by atoms with van der Waals surface area (Å²) in [4.78, 5) is 18.4.